The van der Waals surface area contributed by atoms with E-state index in [-0.39, 0.29) is 11.4 Å². The highest BCUT2D eigenvalue weighted by Gasteiger charge is 2.23. The minimum atomic E-state index is 0.229. The van der Waals surface area contributed by atoms with Crippen molar-refractivity contribution in [1.82, 2.24) is 0 Å². The van der Waals surface area contributed by atoms with Gasteiger partial charge in [-0.15, -0.1) is 0 Å². The summed E-state index contributed by atoms with van der Waals surface area (Å²) in [4.78, 5) is 2.99. The summed E-state index contributed by atoms with van der Waals surface area (Å²) in [6.45, 7) is 0. The normalized spacial score (nSPS) is 10.2. The lowest BCUT2D eigenvalue weighted by molar-refractivity contribution is -0.410. The number of hydrogen-bond acceptors (Lipinski definition) is 4. The second-order valence-electron chi connectivity index (χ2n) is 5.62. The third-order valence-electron chi connectivity index (χ3n) is 3.90. The van der Waals surface area contributed by atoms with Crippen LogP contribution >= 0.6 is 35.0 Å². The van der Waals surface area contributed by atoms with Gasteiger partial charge in [0.2, 0.25) is 0 Å². The first-order valence-electron chi connectivity index (χ1n) is 7.86. The zero-order chi connectivity index (χ0) is 19.4. The first-order chi connectivity index (χ1) is 13.0. The third kappa shape index (κ3) is 4.02. The molecule has 132 valence electrons. The van der Waals surface area contributed by atoms with Crippen molar-refractivity contribution in [2.45, 2.75) is 10.8 Å². The molecule has 0 bridgehead atoms. The number of H-pyrrole nitrogens is 1. The summed E-state index contributed by atoms with van der Waals surface area (Å²) in [5.41, 5.74) is 8.97. The predicted molar refractivity (Wildman–Crippen MR) is 108 cm³/mol. The summed E-state index contributed by atoms with van der Waals surface area (Å²) in [6, 6.07) is 19.0. The highest BCUT2D eigenvalue weighted by molar-refractivity contribution is 7.98. The smallest absolute Gasteiger partial charge is 0.286 e. The molecule has 1 aromatic heterocycles. The molecule has 7 heteroatoms. The summed E-state index contributed by atoms with van der Waals surface area (Å²) in [7, 11) is 0. The van der Waals surface area contributed by atoms with Crippen LogP contribution in [0.4, 0.5) is 5.82 Å². The van der Waals surface area contributed by atoms with Gasteiger partial charge in [-0.25, -0.2) is 4.98 Å². The minimum absolute atomic E-state index is 0.229. The van der Waals surface area contributed by atoms with Crippen LogP contribution in [0.5, 0.6) is 0 Å². The van der Waals surface area contributed by atoms with Gasteiger partial charge >= 0.3 is 0 Å². The van der Waals surface area contributed by atoms with Crippen LogP contribution in [0.25, 0.3) is 11.1 Å². The first-order valence-corrected chi connectivity index (χ1v) is 9.60. The molecule has 0 aliphatic rings. The van der Waals surface area contributed by atoms with Gasteiger partial charge in [-0.2, -0.15) is 10.5 Å². The van der Waals surface area contributed by atoms with E-state index in [0.717, 1.165) is 11.1 Å². The highest BCUT2D eigenvalue weighted by atomic mass is 35.5. The van der Waals surface area contributed by atoms with Gasteiger partial charge in [0.1, 0.15) is 23.3 Å². The number of nitrogens with zero attached hydrogens (tertiary/aromatic N) is 2. The van der Waals surface area contributed by atoms with Crippen LogP contribution in [0.3, 0.4) is 0 Å². The maximum atomic E-state index is 9.78. The van der Waals surface area contributed by atoms with Crippen LogP contribution < -0.4 is 10.7 Å². The second kappa shape index (κ2) is 8.33. The van der Waals surface area contributed by atoms with Gasteiger partial charge in [0, 0.05) is 11.3 Å². The number of benzene rings is 2. The molecule has 0 radical (unpaired) electrons. The molecule has 3 N–H and O–H groups in total. The van der Waals surface area contributed by atoms with Gasteiger partial charge in [-0.05, 0) is 23.3 Å². The lowest BCUT2D eigenvalue weighted by atomic mass is 9.97. The Balaban J connectivity index is 2.06. The Kier molecular flexibility index (Phi) is 5.88. The van der Waals surface area contributed by atoms with Gasteiger partial charge in [-0.3, -0.25) is 5.73 Å². The lowest BCUT2D eigenvalue weighted by Gasteiger charge is -2.10. The average molecular weight is 412 g/mol. The van der Waals surface area contributed by atoms with E-state index < -0.39 is 0 Å². The SMILES string of the molecule is N#Cc1c(N)[nH+]c(SCc2ccc(Cl)c(Cl)c2)c(C#N)c1-c1ccccc1. The number of nitrogens with two attached hydrogens (primary N) is 1. The number of hydrogen-bond donors (Lipinski definition) is 1. The molecule has 0 saturated heterocycles. The van der Waals surface area contributed by atoms with Crippen molar-refractivity contribution >= 4 is 40.8 Å². The molecule has 4 nitrogen and oxygen atoms in total. The van der Waals surface area contributed by atoms with E-state index in [1.165, 1.54) is 11.8 Å². The van der Waals surface area contributed by atoms with E-state index in [0.29, 0.717) is 32.0 Å². The predicted octanol–water partition coefficient (Wildman–Crippen LogP) is 5.09. The maximum Gasteiger partial charge on any atom is 0.289 e. The molecular weight excluding hydrogens is 399 g/mol. The number of aromatic nitrogens is 1. The number of pyridine rings is 1. The standard InChI is InChI=1S/C20H12Cl2N4S/c21-16-7-6-12(8-17(16)22)11-27-20-15(10-24)18(13-4-2-1-3-5-13)14(9-23)19(25)26-20/h1-8H,11H2,(H2,25,26)/p+1. The number of anilines is 1. The molecule has 3 aromatic rings. The van der Waals surface area contributed by atoms with Crippen molar-refractivity contribution in [2.75, 3.05) is 5.73 Å². The van der Waals surface area contributed by atoms with E-state index in [4.69, 9.17) is 28.9 Å². The van der Waals surface area contributed by atoms with Crippen molar-refractivity contribution < 1.29 is 4.98 Å². The van der Waals surface area contributed by atoms with Crippen molar-refractivity contribution in [3.63, 3.8) is 0 Å². The molecule has 0 unspecified atom stereocenters. The summed E-state index contributed by atoms with van der Waals surface area (Å²) in [6.07, 6.45) is 0. The second-order valence-corrected chi connectivity index (χ2v) is 7.42. The van der Waals surface area contributed by atoms with Crippen LogP contribution in [0.2, 0.25) is 10.0 Å². The molecule has 0 saturated carbocycles. The maximum absolute atomic E-state index is 9.78. The summed E-state index contributed by atoms with van der Waals surface area (Å²) < 4.78 is 0. The Morgan fingerprint density at radius 2 is 1.67 bits per heavy atom. The van der Waals surface area contributed by atoms with Crippen molar-refractivity contribution in [3.8, 4) is 23.3 Å². The largest absolute Gasteiger partial charge is 0.289 e. The Hall–Kier alpha value is -2.70. The number of nitrogen functional groups attached to an aromatic ring is 1. The fraction of sp³-hybridized carbons (Fsp3) is 0.0500. The van der Waals surface area contributed by atoms with Gasteiger partial charge in [-0.1, -0.05) is 71.4 Å². The molecule has 27 heavy (non-hydrogen) atoms. The Morgan fingerprint density at radius 3 is 2.30 bits per heavy atom. The van der Waals surface area contributed by atoms with Crippen molar-refractivity contribution in [3.05, 3.63) is 75.3 Å². The molecule has 0 fully saturated rings. The Morgan fingerprint density at radius 1 is 0.963 bits per heavy atom. The van der Waals surface area contributed by atoms with Crippen molar-refractivity contribution in [2.24, 2.45) is 0 Å². The van der Waals surface area contributed by atoms with Gasteiger partial charge < -0.3 is 0 Å². The van der Waals surface area contributed by atoms with Crippen LogP contribution in [-0.4, -0.2) is 0 Å². The van der Waals surface area contributed by atoms with Crippen LogP contribution in [-0.2, 0) is 5.75 Å². The zero-order valence-electron chi connectivity index (χ0n) is 14.0. The molecule has 0 atom stereocenters. The van der Waals surface area contributed by atoms with Crippen molar-refractivity contribution in [1.29, 1.82) is 10.5 Å². The zero-order valence-corrected chi connectivity index (χ0v) is 16.3. The van der Waals surface area contributed by atoms with E-state index in [9.17, 15) is 10.5 Å². The third-order valence-corrected chi connectivity index (χ3v) is 5.71. The minimum Gasteiger partial charge on any atom is -0.286 e. The summed E-state index contributed by atoms with van der Waals surface area (Å²) in [5, 5.41) is 20.9. The molecule has 0 aliphatic carbocycles. The fourth-order valence-corrected chi connectivity index (χ4v) is 3.92. The van der Waals surface area contributed by atoms with Gasteiger partial charge in [0.15, 0.2) is 5.03 Å². The topological polar surface area (TPSA) is 87.7 Å². The molecule has 0 aliphatic heterocycles. The molecule has 0 spiro atoms. The monoisotopic (exact) mass is 411 g/mol. The van der Waals surface area contributed by atoms with E-state index in [1.54, 1.807) is 12.1 Å². The van der Waals surface area contributed by atoms with E-state index in [2.05, 4.69) is 17.1 Å². The number of halogens is 2. The number of nitriles is 2. The van der Waals surface area contributed by atoms with Crippen LogP contribution in [0.1, 0.15) is 16.7 Å². The van der Waals surface area contributed by atoms with Crippen LogP contribution in [0.15, 0.2) is 53.6 Å². The number of aromatic amines is 1. The molecule has 0 amide bonds. The molecular formula is C20H13Cl2N4S+. The number of thioether (sulfide) groups is 1. The molecule has 2 aromatic carbocycles. The quantitative estimate of drug-likeness (QED) is 0.605. The van der Waals surface area contributed by atoms with Gasteiger partial charge in [0.05, 0.1) is 10.0 Å². The molecule has 3 rings (SSSR count). The Labute approximate surface area is 171 Å². The fourth-order valence-electron chi connectivity index (χ4n) is 2.63. The van der Waals surface area contributed by atoms with Crippen LogP contribution in [0, 0.1) is 22.7 Å². The summed E-state index contributed by atoms with van der Waals surface area (Å²) >= 11 is 13.4. The first kappa shape index (κ1) is 19.1. The highest BCUT2D eigenvalue weighted by Crippen LogP contribution is 2.35. The van der Waals surface area contributed by atoms with E-state index >= 15 is 0 Å². The summed E-state index contributed by atoms with van der Waals surface area (Å²) in [5.74, 6) is 0.786. The number of nitrogens with one attached hydrogen (secondary N) is 1. The van der Waals surface area contributed by atoms with Gasteiger partial charge in [0.25, 0.3) is 5.82 Å². The Bertz CT molecular complexity index is 1090. The number of rotatable bonds is 4. The lowest BCUT2D eigenvalue weighted by Crippen LogP contribution is -2.18. The van der Waals surface area contributed by atoms with E-state index in [1.807, 2.05) is 36.4 Å². The molecule has 1 heterocycles. The average Bonchev–Trinajstić information content (AvgIpc) is 2.69.